The smallest absolute Gasteiger partial charge is 0.305 e. The number of urea groups is 1. The summed E-state index contributed by atoms with van der Waals surface area (Å²) in [6.07, 6.45) is 3.94. The van der Waals surface area contributed by atoms with E-state index in [1.807, 2.05) is 0 Å². The molecule has 1 aromatic carbocycles. The maximum absolute atomic E-state index is 13.8. The van der Waals surface area contributed by atoms with E-state index in [9.17, 15) is 18.4 Å². The van der Waals surface area contributed by atoms with Crippen molar-refractivity contribution >= 4 is 11.9 Å². The van der Waals surface area contributed by atoms with Gasteiger partial charge in [0.1, 0.15) is 17.2 Å². The van der Waals surface area contributed by atoms with Crippen LogP contribution in [0.4, 0.5) is 13.6 Å². The first kappa shape index (κ1) is 14.0. The quantitative estimate of drug-likeness (QED) is 0.853. The first-order valence-electron chi connectivity index (χ1n) is 7.10. The van der Waals surface area contributed by atoms with Crippen molar-refractivity contribution in [1.29, 1.82) is 0 Å². The number of amides is 3. The maximum Gasteiger partial charge on any atom is 0.325 e. The van der Waals surface area contributed by atoms with Crippen LogP contribution in [0.3, 0.4) is 0 Å². The fourth-order valence-electron chi connectivity index (χ4n) is 3.27. The standard InChI is InChI=1S/C15H16F2N2O2/c16-11-5-4-10(12(17)8-11)9-19-14(21)18-13(20)15(19)6-2-1-3-7-15/h4-5,8H,1-3,6-7,9H2,(H,18,20,21). The highest BCUT2D eigenvalue weighted by Crippen LogP contribution is 2.38. The summed E-state index contributed by atoms with van der Waals surface area (Å²) >= 11 is 0. The highest BCUT2D eigenvalue weighted by atomic mass is 19.1. The number of hydrogen-bond acceptors (Lipinski definition) is 2. The molecule has 112 valence electrons. The molecule has 3 amide bonds. The average Bonchev–Trinajstić information content (AvgIpc) is 2.67. The first-order valence-corrected chi connectivity index (χ1v) is 7.10. The van der Waals surface area contributed by atoms with Crippen molar-refractivity contribution in [2.75, 3.05) is 0 Å². The van der Waals surface area contributed by atoms with Crippen molar-refractivity contribution in [3.63, 3.8) is 0 Å². The van der Waals surface area contributed by atoms with Crippen LogP contribution in [-0.2, 0) is 11.3 Å². The van der Waals surface area contributed by atoms with Gasteiger partial charge in [0.25, 0.3) is 5.91 Å². The third kappa shape index (κ3) is 2.28. The number of nitrogens with zero attached hydrogens (tertiary/aromatic N) is 1. The Morgan fingerprint density at radius 1 is 1.14 bits per heavy atom. The molecule has 1 spiro atoms. The van der Waals surface area contributed by atoms with Crippen molar-refractivity contribution in [1.82, 2.24) is 10.2 Å². The number of carbonyl (C=O) groups is 2. The summed E-state index contributed by atoms with van der Waals surface area (Å²) in [6, 6.07) is 2.77. The number of carbonyl (C=O) groups excluding carboxylic acids is 2. The fraction of sp³-hybridized carbons (Fsp3) is 0.467. The number of rotatable bonds is 2. The van der Waals surface area contributed by atoms with E-state index in [1.165, 1.54) is 11.0 Å². The minimum absolute atomic E-state index is 0.0241. The SMILES string of the molecule is O=C1NC(=O)C2(CCCCC2)N1Cc1ccc(F)cc1F. The molecular weight excluding hydrogens is 278 g/mol. The second kappa shape index (κ2) is 5.09. The molecule has 1 aromatic rings. The lowest BCUT2D eigenvalue weighted by atomic mass is 9.80. The zero-order valence-electron chi connectivity index (χ0n) is 11.5. The molecule has 3 rings (SSSR count). The Labute approximate surface area is 121 Å². The summed E-state index contributed by atoms with van der Waals surface area (Å²) < 4.78 is 26.8. The van der Waals surface area contributed by atoms with E-state index in [0.29, 0.717) is 12.8 Å². The van der Waals surface area contributed by atoms with Gasteiger partial charge in [-0.1, -0.05) is 25.3 Å². The molecule has 1 saturated carbocycles. The molecule has 0 unspecified atom stereocenters. The van der Waals surface area contributed by atoms with Crippen LogP contribution >= 0.6 is 0 Å². The molecule has 1 aliphatic heterocycles. The molecular formula is C15H16F2N2O2. The molecule has 1 N–H and O–H groups in total. The third-order valence-corrected chi connectivity index (χ3v) is 4.43. The predicted molar refractivity (Wildman–Crippen MR) is 71.3 cm³/mol. The van der Waals surface area contributed by atoms with Gasteiger partial charge in [-0.25, -0.2) is 13.6 Å². The molecule has 1 saturated heterocycles. The van der Waals surface area contributed by atoms with E-state index < -0.39 is 23.2 Å². The molecule has 1 heterocycles. The Bertz CT molecular complexity index is 597. The normalized spacial score (nSPS) is 21.0. The Morgan fingerprint density at radius 3 is 2.52 bits per heavy atom. The largest absolute Gasteiger partial charge is 0.325 e. The lowest BCUT2D eigenvalue weighted by molar-refractivity contribution is -0.128. The number of halogens is 2. The highest BCUT2D eigenvalue weighted by Gasteiger charge is 2.52. The number of hydrogen-bond donors (Lipinski definition) is 1. The van der Waals surface area contributed by atoms with Crippen molar-refractivity contribution in [3.05, 3.63) is 35.4 Å². The Kier molecular flexibility index (Phi) is 3.39. The van der Waals surface area contributed by atoms with Crippen molar-refractivity contribution in [3.8, 4) is 0 Å². The van der Waals surface area contributed by atoms with E-state index in [0.717, 1.165) is 31.4 Å². The molecule has 0 aromatic heterocycles. The summed E-state index contributed by atoms with van der Waals surface area (Å²) in [7, 11) is 0. The zero-order chi connectivity index (χ0) is 15.0. The van der Waals surface area contributed by atoms with Crippen LogP contribution < -0.4 is 5.32 Å². The average molecular weight is 294 g/mol. The van der Waals surface area contributed by atoms with E-state index in [-0.39, 0.29) is 18.0 Å². The van der Waals surface area contributed by atoms with Gasteiger partial charge in [0.15, 0.2) is 0 Å². The lowest BCUT2D eigenvalue weighted by Crippen LogP contribution is -2.50. The lowest BCUT2D eigenvalue weighted by Gasteiger charge is -2.38. The second-order valence-corrected chi connectivity index (χ2v) is 5.67. The predicted octanol–water partition coefficient (Wildman–Crippen LogP) is 2.72. The van der Waals surface area contributed by atoms with Gasteiger partial charge >= 0.3 is 6.03 Å². The summed E-state index contributed by atoms with van der Waals surface area (Å²) in [6.45, 7) is -0.0241. The molecule has 6 heteroatoms. The van der Waals surface area contributed by atoms with Gasteiger partial charge < -0.3 is 4.90 Å². The first-order chi connectivity index (χ1) is 10.0. The van der Waals surface area contributed by atoms with Gasteiger partial charge in [-0.05, 0) is 18.9 Å². The second-order valence-electron chi connectivity index (χ2n) is 5.67. The fourth-order valence-corrected chi connectivity index (χ4v) is 3.27. The number of benzene rings is 1. The topological polar surface area (TPSA) is 49.4 Å². The van der Waals surface area contributed by atoms with Gasteiger partial charge in [-0.2, -0.15) is 0 Å². The van der Waals surface area contributed by atoms with Gasteiger partial charge in [0.2, 0.25) is 0 Å². The van der Waals surface area contributed by atoms with Crippen molar-refractivity contribution < 1.29 is 18.4 Å². The molecule has 0 bridgehead atoms. The maximum atomic E-state index is 13.8. The van der Waals surface area contributed by atoms with Crippen LogP contribution in [0.1, 0.15) is 37.7 Å². The summed E-state index contributed by atoms with van der Waals surface area (Å²) in [5.41, 5.74) is -0.651. The van der Waals surface area contributed by atoms with Gasteiger partial charge in [-0.3, -0.25) is 10.1 Å². The molecule has 2 aliphatic rings. The minimum atomic E-state index is -0.865. The number of imide groups is 1. The van der Waals surface area contributed by atoms with E-state index in [1.54, 1.807) is 0 Å². The van der Waals surface area contributed by atoms with Crippen LogP contribution in [0.15, 0.2) is 18.2 Å². The summed E-state index contributed by atoms with van der Waals surface area (Å²) in [5.74, 6) is -1.66. The molecule has 2 fully saturated rings. The minimum Gasteiger partial charge on any atom is -0.305 e. The van der Waals surface area contributed by atoms with Crippen LogP contribution in [0.25, 0.3) is 0 Å². The van der Waals surface area contributed by atoms with Gasteiger partial charge in [-0.15, -0.1) is 0 Å². The molecule has 1 aliphatic carbocycles. The monoisotopic (exact) mass is 294 g/mol. The summed E-state index contributed by atoms with van der Waals surface area (Å²) in [4.78, 5) is 25.6. The van der Waals surface area contributed by atoms with E-state index >= 15 is 0 Å². The Hall–Kier alpha value is -1.98. The molecule has 0 atom stereocenters. The van der Waals surface area contributed by atoms with Gasteiger partial charge in [0, 0.05) is 11.6 Å². The third-order valence-electron chi connectivity index (χ3n) is 4.43. The van der Waals surface area contributed by atoms with Crippen molar-refractivity contribution in [2.45, 2.75) is 44.2 Å². The Morgan fingerprint density at radius 2 is 1.86 bits per heavy atom. The van der Waals surface area contributed by atoms with Crippen LogP contribution in [0.5, 0.6) is 0 Å². The van der Waals surface area contributed by atoms with Crippen LogP contribution in [0.2, 0.25) is 0 Å². The van der Waals surface area contributed by atoms with Crippen LogP contribution in [0, 0.1) is 11.6 Å². The van der Waals surface area contributed by atoms with Crippen molar-refractivity contribution in [2.24, 2.45) is 0 Å². The summed E-state index contributed by atoms with van der Waals surface area (Å²) in [5, 5.41) is 2.33. The van der Waals surface area contributed by atoms with E-state index in [4.69, 9.17) is 0 Å². The Balaban J connectivity index is 1.91. The van der Waals surface area contributed by atoms with Crippen LogP contribution in [-0.4, -0.2) is 22.4 Å². The molecule has 0 radical (unpaired) electrons. The highest BCUT2D eigenvalue weighted by molar-refractivity contribution is 6.07. The zero-order valence-corrected chi connectivity index (χ0v) is 11.5. The molecule has 4 nitrogen and oxygen atoms in total. The van der Waals surface area contributed by atoms with Gasteiger partial charge in [0.05, 0.1) is 6.54 Å². The molecule has 21 heavy (non-hydrogen) atoms. The van der Waals surface area contributed by atoms with E-state index in [2.05, 4.69) is 5.32 Å². The number of nitrogens with one attached hydrogen (secondary N) is 1.